The minimum atomic E-state index is -0.937. The summed E-state index contributed by atoms with van der Waals surface area (Å²) in [6, 6.07) is 6.75. The Balaban J connectivity index is 2.98. The Hall–Kier alpha value is -1.88. The van der Waals surface area contributed by atoms with Gasteiger partial charge in [-0.15, -0.1) is 0 Å². The average molecular weight is 278 g/mol. The van der Waals surface area contributed by atoms with Crippen molar-refractivity contribution in [1.29, 1.82) is 0 Å². The van der Waals surface area contributed by atoms with E-state index in [4.69, 9.17) is 10.8 Å². The van der Waals surface area contributed by atoms with Gasteiger partial charge in [-0.2, -0.15) is 0 Å². The first-order chi connectivity index (χ1) is 9.32. The molecule has 0 aliphatic carbocycles. The maximum absolute atomic E-state index is 12.4. The van der Waals surface area contributed by atoms with Gasteiger partial charge in [0.25, 0.3) is 0 Å². The van der Waals surface area contributed by atoms with E-state index in [0.29, 0.717) is 5.69 Å². The third-order valence-electron chi connectivity index (χ3n) is 3.16. The number of anilines is 1. The van der Waals surface area contributed by atoms with Crippen LogP contribution < -0.4 is 10.6 Å². The van der Waals surface area contributed by atoms with Crippen molar-refractivity contribution in [3.63, 3.8) is 0 Å². The van der Waals surface area contributed by atoms with Gasteiger partial charge < -0.3 is 15.7 Å². The predicted octanol–water partition coefficient (Wildman–Crippen LogP) is 1.79. The average Bonchev–Trinajstić information content (AvgIpc) is 2.39. The Labute approximate surface area is 119 Å². The lowest BCUT2D eigenvalue weighted by Gasteiger charge is -2.27. The van der Waals surface area contributed by atoms with Crippen LogP contribution in [0.15, 0.2) is 24.3 Å². The number of rotatable bonds is 6. The molecule has 0 aliphatic heterocycles. The molecule has 0 bridgehead atoms. The molecular formula is C15H22N2O3. The minimum Gasteiger partial charge on any atom is -0.481 e. The number of hydrogen-bond donors (Lipinski definition) is 2. The number of carbonyl (C=O) groups excluding carboxylic acids is 1. The van der Waals surface area contributed by atoms with Gasteiger partial charge in [0.1, 0.15) is 0 Å². The fraction of sp³-hybridized carbons (Fsp3) is 0.467. The van der Waals surface area contributed by atoms with Gasteiger partial charge in [0.15, 0.2) is 0 Å². The fourth-order valence-electron chi connectivity index (χ4n) is 1.76. The van der Waals surface area contributed by atoms with Crippen LogP contribution in [0.25, 0.3) is 0 Å². The Morgan fingerprint density at radius 3 is 2.25 bits per heavy atom. The molecule has 0 aromatic heterocycles. The predicted molar refractivity (Wildman–Crippen MR) is 78.6 cm³/mol. The van der Waals surface area contributed by atoms with Crippen LogP contribution in [0.1, 0.15) is 25.8 Å². The number of nitrogens with two attached hydrogens (primary N) is 1. The van der Waals surface area contributed by atoms with Crippen molar-refractivity contribution in [2.45, 2.75) is 33.2 Å². The van der Waals surface area contributed by atoms with Crippen molar-refractivity contribution in [3.8, 4) is 0 Å². The van der Waals surface area contributed by atoms with Gasteiger partial charge in [0, 0.05) is 12.2 Å². The molecule has 1 amide bonds. The first kappa shape index (κ1) is 16.2. The van der Waals surface area contributed by atoms with Gasteiger partial charge in [-0.3, -0.25) is 9.59 Å². The van der Waals surface area contributed by atoms with Crippen LogP contribution in [0.5, 0.6) is 0 Å². The summed E-state index contributed by atoms with van der Waals surface area (Å²) in [5.74, 6) is -1.18. The standard InChI is InChI=1S/C15H22N2O3/c1-10(2)14(16)15(20)17(9-8-13(18)19)12-6-4-11(3)5-7-12/h4-7,10,14H,8-9,16H2,1-3H3,(H,18,19)/t14-/m0/s1. The highest BCUT2D eigenvalue weighted by Gasteiger charge is 2.25. The molecular weight excluding hydrogens is 256 g/mol. The molecule has 0 unspecified atom stereocenters. The summed E-state index contributed by atoms with van der Waals surface area (Å²) in [4.78, 5) is 24.6. The molecule has 5 heteroatoms. The first-order valence-electron chi connectivity index (χ1n) is 6.68. The largest absolute Gasteiger partial charge is 0.481 e. The van der Waals surface area contributed by atoms with Crippen LogP contribution in [-0.4, -0.2) is 29.6 Å². The van der Waals surface area contributed by atoms with Gasteiger partial charge in [-0.05, 0) is 25.0 Å². The van der Waals surface area contributed by atoms with Crippen LogP contribution in [0.2, 0.25) is 0 Å². The summed E-state index contributed by atoms with van der Waals surface area (Å²) in [6.07, 6.45) is -0.107. The topological polar surface area (TPSA) is 83.6 Å². The zero-order valence-electron chi connectivity index (χ0n) is 12.2. The Bertz CT molecular complexity index is 469. The van der Waals surface area contributed by atoms with E-state index in [1.807, 2.05) is 45.0 Å². The quantitative estimate of drug-likeness (QED) is 0.831. The summed E-state index contributed by atoms with van der Waals surface area (Å²) < 4.78 is 0. The molecule has 1 atom stereocenters. The molecule has 0 saturated heterocycles. The molecule has 0 heterocycles. The molecule has 3 N–H and O–H groups in total. The van der Waals surface area contributed by atoms with Crippen LogP contribution in [0.4, 0.5) is 5.69 Å². The molecule has 5 nitrogen and oxygen atoms in total. The fourth-order valence-corrected chi connectivity index (χ4v) is 1.76. The third kappa shape index (κ3) is 4.35. The van der Waals surface area contributed by atoms with Crippen molar-refractivity contribution in [2.24, 2.45) is 11.7 Å². The van der Waals surface area contributed by atoms with Gasteiger partial charge >= 0.3 is 5.97 Å². The van der Waals surface area contributed by atoms with E-state index < -0.39 is 12.0 Å². The second kappa shape index (κ2) is 7.05. The number of carboxylic acids is 1. The highest BCUT2D eigenvalue weighted by atomic mass is 16.4. The second-order valence-corrected chi connectivity index (χ2v) is 5.24. The molecule has 1 aromatic rings. The minimum absolute atomic E-state index is 0.000256. The number of carbonyl (C=O) groups is 2. The Morgan fingerprint density at radius 1 is 1.25 bits per heavy atom. The summed E-state index contributed by atoms with van der Waals surface area (Å²) in [7, 11) is 0. The molecule has 0 radical (unpaired) electrons. The lowest BCUT2D eigenvalue weighted by molar-refractivity contribution is -0.136. The molecule has 0 aliphatic rings. The zero-order valence-corrected chi connectivity index (χ0v) is 12.2. The van der Waals surface area contributed by atoms with Gasteiger partial charge in [-0.25, -0.2) is 0 Å². The lowest BCUT2D eigenvalue weighted by atomic mass is 10.0. The van der Waals surface area contributed by atoms with E-state index in [1.165, 1.54) is 4.90 Å². The van der Waals surface area contributed by atoms with Gasteiger partial charge in [-0.1, -0.05) is 31.5 Å². The molecule has 0 saturated carbocycles. The van der Waals surface area contributed by atoms with E-state index in [0.717, 1.165) is 5.56 Å². The highest BCUT2D eigenvalue weighted by molar-refractivity contribution is 5.97. The van der Waals surface area contributed by atoms with E-state index >= 15 is 0 Å². The van der Waals surface area contributed by atoms with Crippen LogP contribution in [0, 0.1) is 12.8 Å². The highest BCUT2D eigenvalue weighted by Crippen LogP contribution is 2.18. The van der Waals surface area contributed by atoms with Crippen molar-refractivity contribution in [2.75, 3.05) is 11.4 Å². The smallest absolute Gasteiger partial charge is 0.305 e. The third-order valence-corrected chi connectivity index (χ3v) is 3.16. The van der Waals surface area contributed by atoms with E-state index in [1.54, 1.807) is 0 Å². The molecule has 110 valence electrons. The molecule has 20 heavy (non-hydrogen) atoms. The SMILES string of the molecule is Cc1ccc(N(CCC(=O)O)C(=O)[C@@H](N)C(C)C)cc1. The normalized spacial score (nSPS) is 12.2. The summed E-state index contributed by atoms with van der Waals surface area (Å²) >= 11 is 0. The monoisotopic (exact) mass is 278 g/mol. The van der Waals surface area contributed by atoms with E-state index in [9.17, 15) is 9.59 Å². The van der Waals surface area contributed by atoms with Crippen molar-refractivity contribution >= 4 is 17.6 Å². The number of amides is 1. The second-order valence-electron chi connectivity index (χ2n) is 5.24. The number of carboxylic acid groups (broad SMARTS) is 1. The maximum atomic E-state index is 12.4. The molecule has 0 fully saturated rings. The number of hydrogen-bond acceptors (Lipinski definition) is 3. The number of aryl methyl sites for hydroxylation is 1. The molecule has 1 rings (SSSR count). The number of aliphatic carboxylic acids is 1. The van der Waals surface area contributed by atoms with Crippen molar-refractivity contribution in [3.05, 3.63) is 29.8 Å². The summed E-state index contributed by atoms with van der Waals surface area (Å²) in [6.45, 7) is 5.81. The first-order valence-corrected chi connectivity index (χ1v) is 6.68. The van der Waals surface area contributed by atoms with Gasteiger partial charge in [0.05, 0.1) is 12.5 Å². The van der Waals surface area contributed by atoms with Crippen LogP contribution in [0.3, 0.4) is 0 Å². The van der Waals surface area contributed by atoms with E-state index in [2.05, 4.69) is 0 Å². The van der Waals surface area contributed by atoms with Crippen molar-refractivity contribution in [1.82, 2.24) is 0 Å². The zero-order chi connectivity index (χ0) is 15.3. The number of nitrogens with zero attached hydrogens (tertiary/aromatic N) is 1. The molecule has 0 spiro atoms. The van der Waals surface area contributed by atoms with Crippen LogP contribution >= 0.6 is 0 Å². The van der Waals surface area contributed by atoms with Gasteiger partial charge in [0.2, 0.25) is 5.91 Å². The lowest BCUT2D eigenvalue weighted by Crippen LogP contribution is -2.47. The molecule has 1 aromatic carbocycles. The Kier molecular flexibility index (Phi) is 5.70. The van der Waals surface area contributed by atoms with Crippen LogP contribution in [-0.2, 0) is 9.59 Å². The van der Waals surface area contributed by atoms with E-state index in [-0.39, 0.29) is 24.8 Å². The number of benzene rings is 1. The maximum Gasteiger partial charge on any atom is 0.305 e. The van der Waals surface area contributed by atoms with Crippen molar-refractivity contribution < 1.29 is 14.7 Å². The Morgan fingerprint density at radius 2 is 1.80 bits per heavy atom. The summed E-state index contributed by atoms with van der Waals surface area (Å²) in [5.41, 5.74) is 7.65. The summed E-state index contributed by atoms with van der Waals surface area (Å²) in [5, 5.41) is 8.81.